The number of benzene rings is 3. The molecular formula is C24H24N2O. The van der Waals surface area contributed by atoms with E-state index in [0.29, 0.717) is 0 Å². The van der Waals surface area contributed by atoms with Crippen LogP contribution >= 0.6 is 0 Å². The molecule has 0 bridgehead atoms. The SMILES string of the molecule is CC(C)ON1c2ccccc2C(=Nc2ccccc2)C1(C)c1ccccc1. The average Bonchev–Trinajstić information content (AvgIpc) is 2.93. The maximum Gasteiger partial charge on any atom is 0.132 e. The Morgan fingerprint density at radius 2 is 1.41 bits per heavy atom. The van der Waals surface area contributed by atoms with Gasteiger partial charge in [-0.3, -0.25) is 4.84 Å². The van der Waals surface area contributed by atoms with Crippen LogP contribution in [0, 0.1) is 0 Å². The second-order valence-electron chi connectivity index (χ2n) is 7.20. The smallest absolute Gasteiger partial charge is 0.132 e. The second-order valence-corrected chi connectivity index (χ2v) is 7.20. The van der Waals surface area contributed by atoms with E-state index in [1.54, 1.807) is 0 Å². The van der Waals surface area contributed by atoms with Gasteiger partial charge in [0.05, 0.1) is 23.2 Å². The van der Waals surface area contributed by atoms with Gasteiger partial charge in [0.15, 0.2) is 0 Å². The third kappa shape index (κ3) is 3.04. The molecule has 27 heavy (non-hydrogen) atoms. The minimum absolute atomic E-state index is 0.0529. The van der Waals surface area contributed by atoms with Crippen molar-refractivity contribution in [2.24, 2.45) is 4.99 Å². The molecule has 4 rings (SSSR count). The van der Waals surface area contributed by atoms with Crippen molar-refractivity contribution >= 4 is 17.1 Å². The fourth-order valence-corrected chi connectivity index (χ4v) is 3.64. The van der Waals surface area contributed by atoms with E-state index in [0.717, 1.165) is 28.2 Å². The average molecular weight is 356 g/mol. The van der Waals surface area contributed by atoms with Crippen LogP contribution in [0.4, 0.5) is 11.4 Å². The molecule has 1 aliphatic rings. The lowest BCUT2D eigenvalue weighted by atomic mass is 9.86. The van der Waals surface area contributed by atoms with E-state index in [4.69, 9.17) is 9.83 Å². The van der Waals surface area contributed by atoms with Crippen molar-refractivity contribution in [3.05, 3.63) is 96.1 Å². The minimum Gasteiger partial charge on any atom is -0.269 e. The van der Waals surface area contributed by atoms with Crippen LogP contribution in [0.2, 0.25) is 0 Å². The van der Waals surface area contributed by atoms with Crippen LogP contribution in [0.1, 0.15) is 31.9 Å². The third-order valence-corrected chi connectivity index (χ3v) is 4.89. The first-order chi connectivity index (χ1) is 13.1. The van der Waals surface area contributed by atoms with Gasteiger partial charge < -0.3 is 0 Å². The van der Waals surface area contributed by atoms with Gasteiger partial charge in [0.1, 0.15) is 5.54 Å². The number of hydroxylamine groups is 1. The Morgan fingerprint density at radius 1 is 0.815 bits per heavy atom. The second kappa shape index (κ2) is 7.01. The summed E-state index contributed by atoms with van der Waals surface area (Å²) in [5.41, 5.74) is 4.72. The standard InChI is InChI=1S/C24H24N2O/c1-18(2)27-26-22-17-11-10-16-21(22)23(25-20-14-8-5-9-15-20)24(26,3)19-12-6-4-7-13-19/h4-18H,1-3H3. The summed E-state index contributed by atoms with van der Waals surface area (Å²) >= 11 is 0. The zero-order valence-corrected chi connectivity index (χ0v) is 16.0. The van der Waals surface area contributed by atoms with E-state index >= 15 is 0 Å². The molecule has 0 fully saturated rings. The van der Waals surface area contributed by atoms with Crippen molar-refractivity contribution in [3.8, 4) is 0 Å². The summed E-state index contributed by atoms with van der Waals surface area (Å²) in [6.45, 7) is 6.30. The highest BCUT2D eigenvalue weighted by atomic mass is 16.7. The molecule has 3 nitrogen and oxygen atoms in total. The number of para-hydroxylation sites is 2. The van der Waals surface area contributed by atoms with Crippen molar-refractivity contribution in [1.82, 2.24) is 0 Å². The summed E-state index contributed by atoms with van der Waals surface area (Å²) in [4.78, 5) is 11.4. The lowest BCUT2D eigenvalue weighted by Gasteiger charge is -2.37. The molecule has 3 aromatic carbocycles. The van der Waals surface area contributed by atoms with Crippen LogP contribution in [0.3, 0.4) is 0 Å². The van der Waals surface area contributed by atoms with Gasteiger partial charge >= 0.3 is 0 Å². The largest absolute Gasteiger partial charge is 0.269 e. The first-order valence-corrected chi connectivity index (χ1v) is 9.37. The van der Waals surface area contributed by atoms with Crippen molar-refractivity contribution < 1.29 is 4.84 Å². The highest BCUT2D eigenvalue weighted by Gasteiger charge is 2.48. The monoisotopic (exact) mass is 356 g/mol. The van der Waals surface area contributed by atoms with Crippen molar-refractivity contribution in [1.29, 1.82) is 0 Å². The fourth-order valence-electron chi connectivity index (χ4n) is 3.64. The Kier molecular flexibility index (Phi) is 4.54. The van der Waals surface area contributed by atoms with Crippen molar-refractivity contribution in [2.75, 3.05) is 5.06 Å². The van der Waals surface area contributed by atoms with Gasteiger partial charge in [0.25, 0.3) is 0 Å². The quantitative estimate of drug-likeness (QED) is 0.583. The Morgan fingerprint density at radius 3 is 2.07 bits per heavy atom. The maximum atomic E-state index is 6.33. The van der Waals surface area contributed by atoms with Gasteiger partial charge in [0, 0.05) is 5.56 Å². The van der Waals surface area contributed by atoms with Crippen LogP contribution in [0.15, 0.2) is 89.9 Å². The molecule has 0 aliphatic carbocycles. The normalized spacial score (nSPS) is 20.3. The lowest BCUT2D eigenvalue weighted by Crippen LogP contribution is -2.46. The zero-order chi connectivity index (χ0) is 18.9. The van der Waals surface area contributed by atoms with E-state index in [1.807, 2.05) is 47.5 Å². The van der Waals surface area contributed by atoms with Gasteiger partial charge in [-0.25, -0.2) is 10.1 Å². The van der Waals surface area contributed by atoms with E-state index in [1.165, 1.54) is 0 Å². The highest BCUT2D eigenvalue weighted by Crippen LogP contribution is 2.46. The third-order valence-electron chi connectivity index (χ3n) is 4.89. The summed E-state index contributed by atoms with van der Waals surface area (Å²) < 4.78 is 0. The van der Waals surface area contributed by atoms with E-state index in [9.17, 15) is 0 Å². The van der Waals surface area contributed by atoms with Gasteiger partial charge in [-0.05, 0) is 44.5 Å². The molecule has 0 aromatic heterocycles. The number of rotatable bonds is 4. The fraction of sp³-hybridized carbons (Fsp3) is 0.208. The first-order valence-electron chi connectivity index (χ1n) is 9.37. The summed E-state index contributed by atoms with van der Waals surface area (Å²) in [7, 11) is 0. The van der Waals surface area contributed by atoms with Gasteiger partial charge in [0.2, 0.25) is 0 Å². The molecule has 1 heterocycles. The molecule has 0 N–H and O–H groups in total. The predicted molar refractivity (Wildman–Crippen MR) is 112 cm³/mol. The molecule has 3 aromatic rings. The zero-order valence-electron chi connectivity index (χ0n) is 16.0. The number of anilines is 1. The van der Waals surface area contributed by atoms with Crippen LogP contribution in [0.25, 0.3) is 0 Å². The number of aliphatic imine (C=N–C) groups is 1. The minimum atomic E-state index is -0.523. The van der Waals surface area contributed by atoms with Crippen LogP contribution in [-0.2, 0) is 10.4 Å². The lowest BCUT2D eigenvalue weighted by molar-refractivity contribution is 0.0313. The molecule has 0 amide bonds. The molecule has 1 unspecified atom stereocenters. The summed E-state index contributed by atoms with van der Waals surface area (Å²) in [6, 6.07) is 28.9. The molecule has 0 saturated heterocycles. The summed E-state index contributed by atoms with van der Waals surface area (Å²) in [5.74, 6) is 0. The van der Waals surface area contributed by atoms with E-state index in [2.05, 4.69) is 63.2 Å². The Labute approximate surface area is 160 Å². The Bertz CT molecular complexity index is 950. The Hall–Kier alpha value is -2.91. The molecule has 0 spiro atoms. The first kappa shape index (κ1) is 17.5. The van der Waals surface area contributed by atoms with E-state index in [-0.39, 0.29) is 6.10 Å². The maximum absolute atomic E-state index is 6.33. The number of nitrogens with zero attached hydrogens (tertiary/aromatic N) is 2. The van der Waals surface area contributed by atoms with Gasteiger partial charge in [-0.2, -0.15) is 0 Å². The van der Waals surface area contributed by atoms with Crippen molar-refractivity contribution in [2.45, 2.75) is 32.4 Å². The molecule has 1 aliphatic heterocycles. The van der Waals surface area contributed by atoms with Gasteiger partial charge in [-0.15, -0.1) is 0 Å². The molecule has 0 radical (unpaired) electrons. The molecule has 3 heteroatoms. The van der Waals surface area contributed by atoms with Crippen LogP contribution in [0.5, 0.6) is 0 Å². The summed E-state index contributed by atoms with van der Waals surface area (Å²) in [5, 5.41) is 2.03. The molecule has 1 atom stereocenters. The van der Waals surface area contributed by atoms with E-state index < -0.39 is 5.54 Å². The molecular weight excluding hydrogens is 332 g/mol. The number of hydrogen-bond donors (Lipinski definition) is 0. The van der Waals surface area contributed by atoms with Gasteiger partial charge in [-0.1, -0.05) is 66.7 Å². The predicted octanol–water partition coefficient (Wildman–Crippen LogP) is 5.88. The number of hydrogen-bond acceptors (Lipinski definition) is 3. The van der Waals surface area contributed by atoms with Crippen LogP contribution in [-0.4, -0.2) is 11.8 Å². The van der Waals surface area contributed by atoms with Crippen molar-refractivity contribution in [3.63, 3.8) is 0 Å². The molecule has 136 valence electrons. The van der Waals surface area contributed by atoms with Crippen LogP contribution < -0.4 is 5.06 Å². The summed E-state index contributed by atoms with van der Waals surface area (Å²) in [6.07, 6.45) is 0.0529. The highest BCUT2D eigenvalue weighted by molar-refractivity contribution is 6.17. The number of fused-ring (bicyclic) bond motifs is 1. The topological polar surface area (TPSA) is 24.8 Å². The molecule has 0 saturated carbocycles. The Balaban J connectivity index is 1.97.